The fourth-order valence-electron chi connectivity index (χ4n) is 3.60. The molecule has 1 aromatic heterocycles. The van der Waals surface area contributed by atoms with Gasteiger partial charge in [-0.3, -0.25) is 4.90 Å². The van der Waals surface area contributed by atoms with E-state index >= 15 is 0 Å². The molecule has 1 atom stereocenters. The second-order valence-electron chi connectivity index (χ2n) is 6.81. The first kappa shape index (κ1) is 17.3. The van der Waals surface area contributed by atoms with Crippen molar-refractivity contribution in [3.63, 3.8) is 0 Å². The third-order valence-corrected chi connectivity index (χ3v) is 5.18. The number of piperazine rings is 1. The molecule has 3 aromatic rings. The van der Waals surface area contributed by atoms with Gasteiger partial charge in [0.25, 0.3) is 0 Å². The molecular formula is C20H23ClN4O. The van der Waals surface area contributed by atoms with Crippen LogP contribution in [-0.2, 0) is 6.54 Å². The van der Waals surface area contributed by atoms with Crippen molar-refractivity contribution in [2.24, 2.45) is 0 Å². The number of aromatic nitrogens is 2. The normalized spacial score (nSPS) is 16.9. The van der Waals surface area contributed by atoms with Gasteiger partial charge in [0.05, 0.1) is 30.0 Å². The van der Waals surface area contributed by atoms with Gasteiger partial charge >= 0.3 is 0 Å². The van der Waals surface area contributed by atoms with Crippen molar-refractivity contribution in [3.05, 3.63) is 59.9 Å². The average molecular weight is 371 g/mol. The van der Waals surface area contributed by atoms with Gasteiger partial charge in [-0.15, -0.1) is 0 Å². The van der Waals surface area contributed by atoms with Gasteiger partial charge in [0.2, 0.25) is 0 Å². The molecule has 136 valence electrons. The number of para-hydroxylation sites is 2. The maximum absolute atomic E-state index is 10.5. The standard InChI is InChI=1S/C20H23ClN4O/c21-16-4-3-5-17(12-16)24-10-8-23(9-11-24)13-18(26)14-25-15-22-19-6-1-2-7-20(19)25/h1-7,12,15,18,26H,8-11,13-14H2. The fourth-order valence-corrected chi connectivity index (χ4v) is 3.78. The minimum absolute atomic E-state index is 0.412. The van der Waals surface area contributed by atoms with Gasteiger partial charge in [-0.2, -0.15) is 0 Å². The van der Waals surface area contributed by atoms with E-state index in [2.05, 4.69) is 20.9 Å². The maximum atomic E-state index is 10.5. The molecule has 1 aliphatic heterocycles. The molecular weight excluding hydrogens is 348 g/mol. The summed E-state index contributed by atoms with van der Waals surface area (Å²) < 4.78 is 2.03. The van der Waals surface area contributed by atoms with Gasteiger partial charge in [0.15, 0.2) is 0 Å². The molecule has 0 amide bonds. The van der Waals surface area contributed by atoms with Crippen molar-refractivity contribution in [2.45, 2.75) is 12.6 Å². The summed E-state index contributed by atoms with van der Waals surface area (Å²) in [6.07, 6.45) is 1.40. The lowest BCUT2D eigenvalue weighted by molar-refractivity contribution is 0.0959. The van der Waals surface area contributed by atoms with E-state index in [0.29, 0.717) is 13.1 Å². The van der Waals surface area contributed by atoms with E-state index in [9.17, 15) is 5.11 Å². The summed E-state index contributed by atoms with van der Waals surface area (Å²) in [5, 5.41) is 11.3. The number of imidazole rings is 1. The summed E-state index contributed by atoms with van der Waals surface area (Å²) in [6.45, 7) is 5.01. The SMILES string of the molecule is OC(CN1CCN(c2cccc(Cl)c2)CC1)Cn1cnc2ccccc21. The summed E-state index contributed by atoms with van der Waals surface area (Å²) in [5.74, 6) is 0. The Labute approximate surface area is 158 Å². The summed E-state index contributed by atoms with van der Waals surface area (Å²) in [7, 11) is 0. The molecule has 26 heavy (non-hydrogen) atoms. The number of aliphatic hydroxyl groups is 1. The lowest BCUT2D eigenvalue weighted by atomic mass is 10.2. The number of aliphatic hydroxyl groups excluding tert-OH is 1. The maximum Gasteiger partial charge on any atom is 0.0959 e. The molecule has 0 saturated carbocycles. The Kier molecular flexibility index (Phi) is 5.11. The number of hydrogen-bond donors (Lipinski definition) is 1. The van der Waals surface area contributed by atoms with Crippen molar-refractivity contribution >= 4 is 28.3 Å². The molecule has 1 saturated heterocycles. The van der Waals surface area contributed by atoms with Crippen LogP contribution in [0.4, 0.5) is 5.69 Å². The molecule has 0 radical (unpaired) electrons. The minimum Gasteiger partial charge on any atom is -0.390 e. The highest BCUT2D eigenvalue weighted by atomic mass is 35.5. The average Bonchev–Trinajstić information content (AvgIpc) is 3.05. The number of benzene rings is 2. The fraction of sp³-hybridized carbons (Fsp3) is 0.350. The highest BCUT2D eigenvalue weighted by molar-refractivity contribution is 6.30. The topological polar surface area (TPSA) is 44.5 Å². The number of nitrogens with zero attached hydrogens (tertiary/aromatic N) is 4. The van der Waals surface area contributed by atoms with Crippen LogP contribution in [0.2, 0.25) is 5.02 Å². The molecule has 5 nitrogen and oxygen atoms in total. The minimum atomic E-state index is -0.412. The Bertz CT molecular complexity index is 873. The van der Waals surface area contributed by atoms with Crippen LogP contribution in [0.3, 0.4) is 0 Å². The molecule has 4 rings (SSSR count). The van der Waals surface area contributed by atoms with Crippen LogP contribution in [0.25, 0.3) is 11.0 Å². The van der Waals surface area contributed by atoms with Crippen molar-refractivity contribution in [2.75, 3.05) is 37.6 Å². The van der Waals surface area contributed by atoms with Crippen LogP contribution < -0.4 is 4.90 Å². The third kappa shape index (κ3) is 3.85. The van der Waals surface area contributed by atoms with Gasteiger partial charge < -0.3 is 14.6 Å². The van der Waals surface area contributed by atoms with Crippen molar-refractivity contribution in [1.29, 1.82) is 0 Å². The second-order valence-corrected chi connectivity index (χ2v) is 7.24. The van der Waals surface area contributed by atoms with E-state index in [1.807, 2.05) is 53.4 Å². The van der Waals surface area contributed by atoms with Crippen molar-refractivity contribution in [3.8, 4) is 0 Å². The zero-order chi connectivity index (χ0) is 17.9. The predicted molar refractivity (Wildman–Crippen MR) is 106 cm³/mol. The molecule has 0 spiro atoms. The van der Waals surface area contributed by atoms with Gasteiger partial charge in [-0.1, -0.05) is 29.8 Å². The molecule has 1 aliphatic rings. The zero-order valence-electron chi connectivity index (χ0n) is 14.6. The van der Waals surface area contributed by atoms with E-state index in [1.165, 1.54) is 5.69 Å². The van der Waals surface area contributed by atoms with Crippen LogP contribution in [-0.4, -0.2) is 58.4 Å². The number of anilines is 1. The van der Waals surface area contributed by atoms with Crippen LogP contribution in [0.15, 0.2) is 54.9 Å². The van der Waals surface area contributed by atoms with Crippen LogP contribution >= 0.6 is 11.6 Å². The van der Waals surface area contributed by atoms with Crippen molar-refractivity contribution < 1.29 is 5.11 Å². The van der Waals surface area contributed by atoms with Crippen LogP contribution in [0.1, 0.15) is 0 Å². The number of rotatable bonds is 5. The predicted octanol–water partition coefficient (Wildman–Crippen LogP) is 2.87. The zero-order valence-corrected chi connectivity index (χ0v) is 15.4. The highest BCUT2D eigenvalue weighted by Gasteiger charge is 2.20. The number of hydrogen-bond acceptors (Lipinski definition) is 4. The molecule has 0 bridgehead atoms. The monoisotopic (exact) mass is 370 g/mol. The summed E-state index contributed by atoms with van der Waals surface area (Å²) >= 11 is 6.09. The Hall–Kier alpha value is -2.08. The number of halogens is 1. The second kappa shape index (κ2) is 7.66. The lowest BCUT2D eigenvalue weighted by Crippen LogP contribution is -2.49. The Morgan fingerprint density at radius 1 is 1.00 bits per heavy atom. The smallest absolute Gasteiger partial charge is 0.0959 e. The van der Waals surface area contributed by atoms with Gasteiger partial charge in [0, 0.05) is 43.4 Å². The van der Waals surface area contributed by atoms with Crippen LogP contribution in [0, 0.1) is 0 Å². The van der Waals surface area contributed by atoms with Gasteiger partial charge in [-0.05, 0) is 30.3 Å². The molecule has 0 aliphatic carbocycles. The summed E-state index contributed by atoms with van der Waals surface area (Å²) in [4.78, 5) is 9.06. The van der Waals surface area contributed by atoms with Crippen LogP contribution in [0.5, 0.6) is 0 Å². The van der Waals surface area contributed by atoms with Gasteiger partial charge in [0.1, 0.15) is 0 Å². The molecule has 1 fully saturated rings. The summed E-state index contributed by atoms with van der Waals surface area (Å²) in [6, 6.07) is 16.0. The first-order valence-corrected chi connectivity index (χ1v) is 9.37. The number of β-amino-alcohol motifs (C(OH)–C–C–N with tert-alkyl or cyclic N) is 1. The van der Waals surface area contributed by atoms with E-state index in [1.54, 1.807) is 0 Å². The first-order chi connectivity index (χ1) is 12.7. The highest BCUT2D eigenvalue weighted by Crippen LogP contribution is 2.21. The van der Waals surface area contributed by atoms with E-state index < -0.39 is 6.10 Å². The lowest BCUT2D eigenvalue weighted by Gasteiger charge is -2.37. The summed E-state index contributed by atoms with van der Waals surface area (Å²) in [5.41, 5.74) is 3.20. The molecule has 1 unspecified atom stereocenters. The Balaban J connectivity index is 1.31. The first-order valence-electron chi connectivity index (χ1n) is 9.00. The molecule has 2 aromatic carbocycles. The quantitative estimate of drug-likeness (QED) is 0.750. The number of fused-ring (bicyclic) bond motifs is 1. The largest absolute Gasteiger partial charge is 0.390 e. The molecule has 6 heteroatoms. The molecule has 1 N–H and O–H groups in total. The van der Waals surface area contributed by atoms with Crippen molar-refractivity contribution in [1.82, 2.24) is 14.5 Å². The van der Waals surface area contributed by atoms with E-state index in [0.717, 1.165) is 42.2 Å². The van der Waals surface area contributed by atoms with E-state index in [-0.39, 0.29) is 0 Å². The third-order valence-electron chi connectivity index (χ3n) is 4.95. The Morgan fingerprint density at radius 2 is 1.81 bits per heavy atom. The Morgan fingerprint density at radius 3 is 2.62 bits per heavy atom. The van der Waals surface area contributed by atoms with E-state index in [4.69, 9.17) is 11.6 Å². The van der Waals surface area contributed by atoms with Gasteiger partial charge in [-0.25, -0.2) is 4.98 Å². The molecule has 2 heterocycles.